The molecule has 0 aromatic heterocycles. The van der Waals surface area contributed by atoms with Gasteiger partial charge in [0.05, 0.1) is 25.4 Å². The molecule has 0 radical (unpaired) electrons. The number of esters is 2. The average molecular weight is 565 g/mol. The molecule has 11 heteroatoms. The highest BCUT2D eigenvalue weighted by atomic mass is 16.6. The van der Waals surface area contributed by atoms with E-state index in [4.69, 9.17) is 14.2 Å². The lowest BCUT2D eigenvalue weighted by atomic mass is 9.44. The van der Waals surface area contributed by atoms with E-state index in [9.17, 15) is 19.2 Å². The Morgan fingerprint density at radius 2 is 1.43 bits per heavy atom. The smallest absolute Gasteiger partial charge is 0.407 e. The zero-order valence-electron chi connectivity index (χ0n) is 24.3. The summed E-state index contributed by atoms with van der Waals surface area (Å²) < 4.78 is 27.7. The van der Waals surface area contributed by atoms with Gasteiger partial charge in [-0.3, -0.25) is 9.59 Å². The lowest BCUT2D eigenvalue weighted by Crippen LogP contribution is -2.70. The van der Waals surface area contributed by atoms with Gasteiger partial charge in [-0.15, -0.1) is 0 Å². The lowest BCUT2D eigenvalue weighted by Gasteiger charge is -2.67. The van der Waals surface area contributed by atoms with Gasteiger partial charge >= 0.3 is 24.1 Å². The van der Waals surface area contributed by atoms with Crippen molar-refractivity contribution in [3.05, 3.63) is 0 Å². The summed E-state index contributed by atoms with van der Waals surface area (Å²) in [7, 11) is 2.52. The molecule has 9 atom stereocenters. The number of nitrogens with one attached hydrogen (secondary N) is 2. The fourth-order valence-corrected chi connectivity index (χ4v) is 9.53. The number of rotatable bonds is 6. The number of carbonyl (C=O) groups is 4. The summed E-state index contributed by atoms with van der Waals surface area (Å²) in [5.41, 5.74) is -0.253. The molecule has 1 spiro atoms. The summed E-state index contributed by atoms with van der Waals surface area (Å²) in [4.78, 5) is 48.2. The third kappa shape index (κ3) is 4.92. The zero-order chi connectivity index (χ0) is 28.9. The van der Waals surface area contributed by atoms with Crippen molar-refractivity contribution < 1.29 is 42.9 Å². The van der Waals surface area contributed by atoms with Crippen LogP contribution in [0.2, 0.25) is 0 Å². The molecule has 11 nitrogen and oxygen atoms in total. The molecule has 0 aromatic rings. The molecule has 2 amide bonds. The first-order valence-electron chi connectivity index (χ1n) is 14.7. The van der Waals surface area contributed by atoms with Crippen molar-refractivity contribution in [1.82, 2.24) is 10.6 Å². The van der Waals surface area contributed by atoms with Gasteiger partial charge in [0.1, 0.15) is 25.3 Å². The summed E-state index contributed by atoms with van der Waals surface area (Å²) in [6, 6.07) is 0. The highest BCUT2D eigenvalue weighted by Gasteiger charge is 2.72. The summed E-state index contributed by atoms with van der Waals surface area (Å²) in [5, 5.41) is 4.96. The van der Waals surface area contributed by atoms with Crippen LogP contribution in [0.3, 0.4) is 0 Å². The largest absolute Gasteiger partial charge is 0.468 e. The Balaban J connectivity index is 1.33. The maximum absolute atomic E-state index is 12.8. The predicted octanol–water partition coefficient (Wildman–Crippen LogP) is 3.33. The predicted molar refractivity (Wildman–Crippen MR) is 141 cm³/mol. The van der Waals surface area contributed by atoms with Crippen molar-refractivity contribution in [2.24, 2.45) is 35.0 Å². The van der Waals surface area contributed by atoms with Crippen LogP contribution in [0.1, 0.15) is 72.1 Å². The van der Waals surface area contributed by atoms with E-state index >= 15 is 0 Å². The molecular weight excluding hydrogens is 520 g/mol. The molecule has 5 fully saturated rings. The van der Waals surface area contributed by atoms with Gasteiger partial charge in [0.15, 0.2) is 0 Å². The van der Waals surface area contributed by atoms with Crippen LogP contribution in [0.5, 0.6) is 0 Å². The summed E-state index contributed by atoms with van der Waals surface area (Å²) >= 11 is 0. The number of fused-ring (bicyclic) bond motifs is 4. The van der Waals surface area contributed by atoms with Crippen LogP contribution in [-0.2, 0) is 33.3 Å². The van der Waals surface area contributed by atoms with Crippen LogP contribution < -0.4 is 10.6 Å². The normalized spacial score (nSPS) is 40.5. The molecule has 4 aliphatic carbocycles. The number of ether oxygens (including phenoxy) is 5. The van der Waals surface area contributed by atoms with Crippen LogP contribution in [0, 0.1) is 35.0 Å². The number of carbonyl (C=O) groups excluding carboxylic acids is 4. The van der Waals surface area contributed by atoms with E-state index in [0.29, 0.717) is 36.5 Å². The van der Waals surface area contributed by atoms with E-state index in [1.165, 1.54) is 20.6 Å². The minimum absolute atomic E-state index is 0.0187. The lowest BCUT2D eigenvalue weighted by molar-refractivity contribution is -0.337. The molecule has 1 saturated heterocycles. The second-order valence-corrected chi connectivity index (χ2v) is 13.2. The molecular formula is C29H44N2O9. The molecule has 224 valence electrons. The van der Waals surface area contributed by atoms with Crippen LogP contribution >= 0.6 is 0 Å². The Morgan fingerprint density at radius 3 is 2.05 bits per heavy atom. The van der Waals surface area contributed by atoms with Crippen LogP contribution in [-0.4, -0.2) is 74.8 Å². The van der Waals surface area contributed by atoms with E-state index in [-0.39, 0.29) is 41.7 Å². The standard InChI is InChI=1S/C29H44N2O9/c1-27(2)22-7-6-19-17-13-21(39-26(35)31-15-24(33)37-5)20-12-16(38-25(34)30-14-23(32)36-4)8-10-28(20,3)18(17)9-11-29(19,22)40-27/h16-22H,6-15H2,1-5H3,(H,30,34)(H,31,35)/t16-,17?,18?,19?,20?,21?,22?,28+,29?/m0/s1. The van der Waals surface area contributed by atoms with E-state index < -0.39 is 30.2 Å². The second-order valence-electron chi connectivity index (χ2n) is 13.2. The molecule has 1 aliphatic heterocycles. The van der Waals surface area contributed by atoms with Crippen molar-refractivity contribution in [3.8, 4) is 0 Å². The quantitative estimate of drug-likeness (QED) is 0.367. The van der Waals surface area contributed by atoms with Gasteiger partial charge in [-0.25, -0.2) is 9.59 Å². The van der Waals surface area contributed by atoms with Crippen molar-refractivity contribution in [1.29, 1.82) is 0 Å². The molecule has 5 rings (SSSR count). The van der Waals surface area contributed by atoms with E-state index in [1.54, 1.807) is 0 Å². The van der Waals surface area contributed by atoms with Crippen molar-refractivity contribution >= 4 is 24.1 Å². The number of hydrogen-bond acceptors (Lipinski definition) is 9. The van der Waals surface area contributed by atoms with E-state index in [0.717, 1.165) is 32.1 Å². The molecule has 0 bridgehead atoms. The Kier molecular flexibility index (Phi) is 7.74. The Labute approximate surface area is 235 Å². The first kappa shape index (κ1) is 29.0. The SMILES string of the molecule is COC(=O)CNC(=O)OC1CC2C3CCC4C(C)(C)OC34CCC2[C@@]2(C)CC[C@H](OC(=O)NCC(=O)OC)CC12. The monoisotopic (exact) mass is 564 g/mol. The van der Waals surface area contributed by atoms with E-state index in [2.05, 4.69) is 40.9 Å². The van der Waals surface area contributed by atoms with Gasteiger partial charge in [-0.2, -0.15) is 0 Å². The Hall–Kier alpha value is -2.56. The van der Waals surface area contributed by atoms with Gasteiger partial charge in [0.25, 0.3) is 0 Å². The molecule has 7 unspecified atom stereocenters. The molecule has 1 heterocycles. The van der Waals surface area contributed by atoms with Gasteiger partial charge in [-0.05, 0) is 88.4 Å². The minimum atomic E-state index is -0.665. The highest BCUT2D eigenvalue weighted by molar-refractivity contribution is 5.78. The number of hydrogen-bond donors (Lipinski definition) is 2. The third-order valence-electron chi connectivity index (χ3n) is 11.1. The summed E-state index contributed by atoms with van der Waals surface area (Å²) in [6.07, 6.45) is 5.19. The van der Waals surface area contributed by atoms with Gasteiger partial charge in [0.2, 0.25) is 0 Å². The number of methoxy groups -OCH3 is 2. The molecule has 40 heavy (non-hydrogen) atoms. The van der Waals surface area contributed by atoms with Crippen LogP contribution in [0.15, 0.2) is 0 Å². The van der Waals surface area contributed by atoms with Gasteiger partial charge in [0, 0.05) is 11.8 Å². The molecule has 4 saturated carbocycles. The Morgan fingerprint density at radius 1 is 0.775 bits per heavy atom. The minimum Gasteiger partial charge on any atom is -0.468 e. The highest BCUT2D eigenvalue weighted by Crippen LogP contribution is 2.71. The van der Waals surface area contributed by atoms with Crippen molar-refractivity contribution in [2.45, 2.75) is 95.5 Å². The third-order valence-corrected chi connectivity index (χ3v) is 11.1. The zero-order valence-corrected chi connectivity index (χ0v) is 24.3. The maximum Gasteiger partial charge on any atom is 0.407 e. The van der Waals surface area contributed by atoms with Crippen molar-refractivity contribution in [2.75, 3.05) is 27.3 Å². The first-order valence-corrected chi connectivity index (χ1v) is 14.7. The topological polar surface area (TPSA) is 138 Å². The van der Waals surface area contributed by atoms with Crippen LogP contribution in [0.25, 0.3) is 0 Å². The van der Waals surface area contributed by atoms with E-state index in [1.807, 2.05) is 0 Å². The fraction of sp³-hybridized carbons (Fsp3) is 0.862. The fourth-order valence-electron chi connectivity index (χ4n) is 9.53. The summed E-state index contributed by atoms with van der Waals surface area (Å²) in [6.45, 7) is 6.20. The van der Waals surface area contributed by atoms with Gasteiger partial charge < -0.3 is 34.3 Å². The maximum atomic E-state index is 12.8. The number of alkyl carbamates (subject to hydrolysis) is 2. The Bertz CT molecular complexity index is 1030. The summed E-state index contributed by atoms with van der Waals surface area (Å²) in [5.74, 6) is 0.708. The molecule has 5 aliphatic rings. The van der Waals surface area contributed by atoms with Crippen LogP contribution in [0.4, 0.5) is 9.59 Å². The van der Waals surface area contributed by atoms with Crippen molar-refractivity contribution in [3.63, 3.8) is 0 Å². The average Bonchev–Trinajstić information content (AvgIpc) is 3.25. The van der Waals surface area contributed by atoms with Gasteiger partial charge in [-0.1, -0.05) is 6.92 Å². The molecule has 2 N–H and O–H groups in total. The number of amides is 2. The molecule has 0 aromatic carbocycles. The first-order chi connectivity index (χ1) is 18.9. The second kappa shape index (κ2) is 10.7.